The second kappa shape index (κ2) is 8.26. The number of rotatable bonds is 6. The van der Waals surface area contributed by atoms with Crippen LogP contribution >= 0.6 is 0 Å². The highest BCUT2D eigenvalue weighted by molar-refractivity contribution is 6.07. The lowest BCUT2D eigenvalue weighted by atomic mass is 9.96. The Morgan fingerprint density at radius 2 is 2.14 bits per heavy atom. The van der Waals surface area contributed by atoms with Crippen LogP contribution in [0, 0.1) is 16.0 Å². The maximum Gasteiger partial charge on any atom is 0.270 e. The summed E-state index contributed by atoms with van der Waals surface area (Å²) < 4.78 is 11.0. The number of non-ortho nitro benzene ring substituents is 1. The molecule has 2 aliphatic heterocycles. The summed E-state index contributed by atoms with van der Waals surface area (Å²) in [5.74, 6) is 0.145. The van der Waals surface area contributed by atoms with Gasteiger partial charge in [-0.3, -0.25) is 19.8 Å². The smallest absolute Gasteiger partial charge is 0.270 e. The first-order valence-corrected chi connectivity index (χ1v) is 9.57. The topological polar surface area (TPSA) is 110 Å². The Morgan fingerprint density at radius 3 is 2.86 bits per heavy atom. The molecule has 0 saturated carbocycles. The molecule has 0 radical (unpaired) electrons. The molecule has 2 aliphatic rings. The van der Waals surface area contributed by atoms with Crippen molar-refractivity contribution in [3.8, 4) is 0 Å². The third-order valence-corrected chi connectivity index (χ3v) is 5.62. The van der Waals surface area contributed by atoms with E-state index in [1.165, 1.54) is 12.1 Å². The second-order valence-electron chi connectivity index (χ2n) is 7.24. The number of benzene rings is 1. The number of carbonyl (C=O) groups is 1. The van der Waals surface area contributed by atoms with Crippen LogP contribution in [0.3, 0.4) is 0 Å². The quantitative estimate of drug-likeness (QED) is 0.574. The number of fused-ring (bicyclic) bond motifs is 1. The fraction of sp³-hybridized carbons (Fsp3) is 0.526. The van der Waals surface area contributed by atoms with Gasteiger partial charge in [0.05, 0.1) is 30.3 Å². The molecule has 1 aromatic heterocycles. The van der Waals surface area contributed by atoms with Crippen LogP contribution in [0.15, 0.2) is 24.4 Å². The van der Waals surface area contributed by atoms with Crippen molar-refractivity contribution in [1.29, 1.82) is 0 Å². The minimum absolute atomic E-state index is 0.0320. The van der Waals surface area contributed by atoms with E-state index >= 15 is 0 Å². The molecule has 1 amide bonds. The highest BCUT2D eigenvalue weighted by atomic mass is 16.6. The Kier molecular flexibility index (Phi) is 5.56. The van der Waals surface area contributed by atoms with E-state index in [1.54, 1.807) is 12.3 Å². The number of nitro benzene ring substituents is 1. The fourth-order valence-corrected chi connectivity index (χ4v) is 4.06. The summed E-state index contributed by atoms with van der Waals surface area (Å²) in [5, 5.41) is 14.6. The lowest BCUT2D eigenvalue weighted by Crippen LogP contribution is -2.52. The van der Waals surface area contributed by atoms with Gasteiger partial charge in [0.25, 0.3) is 11.6 Å². The second-order valence-corrected chi connectivity index (χ2v) is 7.24. The lowest BCUT2D eigenvalue weighted by Gasteiger charge is -2.37. The number of aromatic nitrogens is 1. The Balaban J connectivity index is 1.49. The van der Waals surface area contributed by atoms with Crippen molar-refractivity contribution < 1.29 is 19.2 Å². The van der Waals surface area contributed by atoms with Crippen LogP contribution in [-0.2, 0) is 9.47 Å². The number of amides is 1. The minimum Gasteiger partial charge on any atom is -0.381 e. The summed E-state index contributed by atoms with van der Waals surface area (Å²) >= 11 is 0. The average Bonchev–Trinajstić information content (AvgIpc) is 3.38. The van der Waals surface area contributed by atoms with Crippen LogP contribution in [-0.4, -0.2) is 72.8 Å². The Labute approximate surface area is 162 Å². The first-order chi connectivity index (χ1) is 13.6. The van der Waals surface area contributed by atoms with Gasteiger partial charge in [0.15, 0.2) is 0 Å². The van der Waals surface area contributed by atoms with E-state index in [1.807, 2.05) is 0 Å². The number of carbonyl (C=O) groups excluding carboxylic acids is 1. The van der Waals surface area contributed by atoms with Crippen molar-refractivity contribution in [3.05, 3.63) is 40.1 Å². The molecule has 9 heteroatoms. The summed E-state index contributed by atoms with van der Waals surface area (Å²) in [7, 11) is 0. The Hall–Kier alpha value is -2.49. The van der Waals surface area contributed by atoms with E-state index in [0.29, 0.717) is 48.7 Å². The maximum atomic E-state index is 12.8. The molecule has 2 N–H and O–H groups in total. The number of aromatic amines is 1. The van der Waals surface area contributed by atoms with Crippen molar-refractivity contribution >= 4 is 22.5 Å². The molecule has 4 rings (SSSR count). The van der Waals surface area contributed by atoms with Gasteiger partial charge in [0.2, 0.25) is 0 Å². The molecule has 2 saturated heterocycles. The van der Waals surface area contributed by atoms with Crippen LogP contribution in [0.4, 0.5) is 5.69 Å². The van der Waals surface area contributed by atoms with Gasteiger partial charge in [0.1, 0.15) is 0 Å². The van der Waals surface area contributed by atoms with Crippen molar-refractivity contribution in [2.45, 2.75) is 12.5 Å². The maximum absolute atomic E-state index is 12.8. The van der Waals surface area contributed by atoms with E-state index in [4.69, 9.17) is 9.47 Å². The van der Waals surface area contributed by atoms with Crippen molar-refractivity contribution in [1.82, 2.24) is 15.2 Å². The van der Waals surface area contributed by atoms with Gasteiger partial charge in [-0.05, 0) is 12.5 Å². The molecule has 2 aromatic rings. The third-order valence-electron chi connectivity index (χ3n) is 5.62. The normalized spacial score (nSPS) is 21.6. The SMILES string of the molecule is O=C(NC[C@H]([C@H]1CCOC1)N1CCOCC1)c1c[nH]c2ccc([N+](=O)[O-])cc12. The van der Waals surface area contributed by atoms with Gasteiger partial charge < -0.3 is 19.8 Å². The molecular formula is C19H24N4O5. The van der Waals surface area contributed by atoms with Gasteiger partial charge >= 0.3 is 0 Å². The largest absolute Gasteiger partial charge is 0.381 e. The third kappa shape index (κ3) is 3.87. The molecule has 3 heterocycles. The van der Waals surface area contributed by atoms with Crippen LogP contribution in [0.2, 0.25) is 0 Å². The highest BCUT2D eigenvalue weighted by Crippen LogP contribution is 2.25. The Bertz CT molecular complexity index is 855. The first-order valence-electron chi connectivity index (χ1n) is 9.57. The molecule has 2 fully saturated rings. The fourth-order valence-electron chi connectivity index (χ4n) is 4.06. The molecular weight excluding hydrogens is 364 g/mol. The first kappa shape index (κ1) is 18.9. The number of morpholine rings is 1. The highest BCUT2D eigenvalue weighted by Gasteiger charge is 2.32. The monoisotopic (exact) mass is 388 g/mol. The summed E-state index contributed by atoms with van der Waals surface area (Å²) in [6.45, 7) is 5.05. The molecule has 150 valence electrons. The molecule has 0 unspecified atom stereocenters. The van der Waals surface area contributed by atoms with E-state index in [0.717, 1.165) is 26.1 Å². The number of nitro groups is 1. The van der Waals surface area contributed by atoms with Crippen LogP contribution in [0.25, 0.3) is 10.9 Å². The average molecular weight is 388 g/mol. The number of ether oxygens (including phenoxy) is 2. The molecule has 0 aliphatic carbocycles. The molecule has 9 nitrogen and oxygen atoms in total. The summed E-state index contributed by atoms with van der Waals surface area (Å²) in [6, 6.07) is 4.67. The van der Waals surface area contributed by atoms with Crippen molar-refractivity contribution in [2.75, 3.05) is 46.1 Å². The van der Waals surface area contributed by atoms with Gasteiger partial charge in [-0.1, -0.05) is 0 Å². The van der Waals surface area contributed by atoms with Crippen LogP contribution in [0.1, 0.15) is 16.8 Å². The van der Waals surface area contributed by atoms with Gasteiger partial charge in [-0.15, -0.1) is 0 Å². The Morgan fingerprint density at radius 1 is 1.32 bits per heavy atom. The van der Waals surface area contributed by atoms with Gasteiger partial charge in [-0.2, -0.15) is 0 Å². The minimum atomic E-state index is -0.456. The van der Waals surface area contributed by atoms with Crippen LogP contribution in [0.5, 0.6) is 0 Å². The molecule has 2 atom stereocenters. The van der Waals surface area contributed by atoms with E-state index in [-0.39, 0.29) is 17.6 Å². The van der Waals surface area contributed by atoms with Crippen LogP contribution < -0.4 is 5.32 Å². The predicted octanol–water partition coefficient (Wildman–Crippen LogP) is 1.54. The zero-order valence-corrected chi connectivity index (χ0v) is 15.6. The molecule has 28 heavy (non-hydrogen) atoms. The lowest BCUT2D eigenvalue weighted by molar-refractivity contribution is -0.384. The number of H-pyrrole nitrogens is 1. The van der Waals surface area contributed by atoms with Gasteiger partial charge in [-0.25, -0.2) is 0 Å². The molecule has 1 aromatic carbocycles. The number of hydrogen-bond donors (Lipinski definition) is 2. The summed E-state index contributed by atoms with van der Waals surface area (Å²) in [5.41, 5.74) is 1.09. The van der Waals surface area contributed by atoms with Crippen molar-refractivity contribution in [2.24, 2.45) is 5.92 Å². The predicted molar refractivity (Wildman–Crippen MR) is 102 cm³/mol. The summed E-state index contributed by atoms with van der Waals surface area (Å²) in [4.78, 5) is 28.8. The standard InChI is InChI=1S/C19H24N4O5/c24-19(16-10-20-17-2-1-14(23(25)26)9-15(16)17)21-11-18(13-3-6-28-12-13)22-4-7-27-8-5-22/h1-2,9-10,13,18,20H,3-8,11-12H2,(H,21,24)/t13-,18+/m0/s1. The van der Waals surface area contributed by atoms with E-state index < -0.39 is 4.92 Å². The zero-order valence-electron chi connectivity index (χ0n) is 15.6. The molecule has 0 bridgehead atoms. The molecule has 0 spiro atoms. The zero-order chi connectivity index (χ0) is 19.5. The van der Waals surface area contributed by atoms with Crippen molar-refractivity contribution in [3.63, 3.8) is 0 Å². The number of nitrogens with one attached hydrogen (secondary N) is 2. The van der Waals surface area contributed by atoms with E-state index in [2.05, 4.69) is 15.2 Å². The van der Waals surface area contributed by atoms with E-state index in [9.17, 15) is 14.9 Å². The number of nitrogens with zero attached hydrogens (tertiary/aromatic N) is 2. The van der Waals surface area contributed by atoms with Gasteiger partial charge in [0, 0.05) is 67.4 Å². The number of hydrogen-bond acceptors (Lipinski definition) is 6. The summed E-state index contributed by atoms with van der Waals surface area (Å²) in [6.07, 6.45) is 2.59.